The van der Waals surface area contributed by atoms with Gasteiger partial charge in [0.2, 0.25) is 5.28 Å². The molecule has 0 atom stereocenters. The third-order valence-corrected chi connectivity index (χ3v) is 2.59. The molecule has 0 spiro atoms. The van der Waals surface area contributed by atoms with Crippen LogP contribution in [0.25, 0.3) is 5.69 Å². The topological polar surface area (TPSA) is 39.9 Å². The molecule has 0 saturated carbocycles. The van der Waals surface area contributed by atoms with Crippen LogP contribution in [0.15, 0.2) is 30.6 Å². The van der Waals surface area contributed by atoms with Crippen molar-refractivity contribution in [2.24, 2.45) is 0 Å². The molecular weight excluding hydrogens is 226 g/mol. The summed E-state index contributed by atoms with van der Waals surface area (Å²) in [5.41, 5.74) is 2.15. The molecule has 2 rings (SSSR count). The predicted octanol–water partition coefficient (Wildman–Crippen LogP) is 2.11. The fraction of sp³-hybridized carbons (Fsp3) is 0.273. The van der Waals surface area contributed by atoms with Gasteiger partial charge in [-0.3, -0.25) is 4.57 Å². The second-order valence-corrected chi connectivity index (χ2v) is 3.68. The number of rotatable bonds is 4. The maximum atomic E-state index is 5.94. The van der Waals surface area contributed by atoms with Crippen molar-refractivity contribution in [2.45, 2.75) is 6.42 Å². The number of nitrogens with zero attached hydrogens (tertiary/aromatic N) is 3. The molecular formula is C11H12ClN3O. The first kappa shape index (κ1) is 11.1. The molecule has 4 nitrogen and oxygen atoms in total. The Morgan fingerprint density at radius 3 is 2.88 bits per heavy atom. The highest BCUT2D eigenvalue weighted by molar-refractivity contribution is 6.28. The monoisotopic (exact) mass is 237 g/mol. The molecule has 0 saturated heterocycles. The van der Waals surface area contributed by atoms with Crippen LogP contribution in [0, 0.1) is 0 Å². The van der Waals surface area contributed by atoms with Crippen LogP contribution in [0.4, 0.5) is 0 Å². The second-order valence-electron chi connectivity index (χ2n) is 3.34. The van der Waals surface area contributed by atoms with Gasteiger partial charge >= 0.3 is 0 Å². The smallest absolute Gasteiger partial charge is 0.229 e. The predicted molar refractivity (Wildman–Crippen MR) is 61.9 cm³/mol. The molecule has 0 fully saturated rings. The van der Waals surface area contributed by atoms with E-state index in [0.717, 1.165) is 17.7 Å². The number of hydrogen-bond acceptors (Lipinski definition) is 3. The van der Waals surface area contributed by atoms with Gasteiger partial charge in [-0.05, 0) is 29.7 Å². The van der Waals surface area contributed by atoms with E-state index < -0.39 is 0 Å². The molecule has 0 aliphatic carbocycles. The zero-order chi connectivity index (χ0) is 11.4. The van der Waals surface area contributed by atoms with Crippen molar-refractivity contribution in [3.63, 3.8) is 0 Å². The number of aromatic nitrogens is 3. The first-order chi connectivity index (χ1) is 7.83. The largest absolute Gasteiger partial charge is 0.384 e. The lowest BCUT2D eigenvalue weighted by molar-refractivity contribution is 0.202. The molecule has 0 N–H and O–H groups in total. The van der Waals surface area contributed by atoms with E-state index in [1.807, 2.05) is 24.3 Å². The second kappa shape index (κ2) is 5.09. The van der Waals surface area contributed by atoms with Gasteiger partial charge in [-0.25, -0.2) is 0 Å². The van der Waals surface area contributed by atoms with Gasteiger partial charge in [-0.2, -0.15) is 0 Å². The van der Waals surface area contributed by atoms with Gasteiger partial charge in [-0.15, -0.1) is 10.2 Å². The lowest BCUT2D eigenvalue weighted by Crippen LogP contribution is -2.02. The Kier molecular flexibility index (Phi) is 3.54. The van der Waals surface area contributed by atoms with E-state index in [1.54, 1.807) is 18.0 Å². The lowest BCUT2D eigenvalue weighted by atomic mass is 10.1. The van der Waals surface area contributed by atoms with E-state index >= 15 is 0 Å². The summed E-state index contributed by atoms with van der Waals surface area (Å²) < 4.78 is 6.83. The molecule has 0 bridgehead atoms. The summed E-state index contributed by atoms with van der Waals surface area (Å²) in [7, 11) is 1.69. The van der Waals surface area contributed by atoms with Crippen LogP contribution in [0.2, 0.25) is 5.28 Å². The molecule has 16 heavy (non-hydrogen) atoms. The number of hydrogen-bond donors (Lipinski definition) is 0. The SMILES string of the molecule is COCCc1ccccc1-n1cnnc1Cl. The van der Waals surface area contributed by atoms with E-state index in [0.29, 0.717) is 11.9 Å². The van der Waals surface area contributed by atoms with Gasteiger partial charge in [0.25, 0.3) is 0 Å². The van der Waals surface area contributed by atoms with E-state index in [2.05, 4.69) is 10.2 Å². The van der Waals surface area contributed by atoms with Crippen molar-refractivity contribution in [2.75, 3.05) is 13.7 Å². The van der Waals surface area contributed by atoms with Crippen molar-refractivity contribution in [3.8, 4) is 5.69 Å². The van der Waals surface area contributed by atoms with E-state index in [4.69, 9.17) is 16.3 Å². The summed E-state index contributed by atoms with van der Waals surface area (Å²) in [6, 6.07) is 7.99. The third-order valence-electron chi connectivity index (χ3n) is 2.33. The summed E-state index contributed by atoms with van der Waals surface area (Å²) in [5.74, 6) is 0. The van der Waals surface area contributed by atoms with Crippen LogP contribution in [0.3, 0.4) is 0 Å². The number of halogens is 1. The van der Waals surface area contributed by atoms with Crippen molar-refractivity contribution in [3.05, 3.63) is 41.4 Å². The van der Waals surface area contributed by atoms with Crippen LogP contribution >= 0.6 is 11.6 Å². The molecule has 0 amide bonds. The normalized spacial score (nSPS) is 10.6. The number of benzene rings is 1. The average molecular weight is 238 g/mol. The minimum atomic E-state index is 0.366. The Hall–Kier alpha value is -1.39. The Morgan fingerprint density at radius 1 is 1.38 bits per heavy atom. The Balaban J connectivity index is 2.37. The van der Waals surface area contributed by atoms with Crippen molar-refractivity contribution in [1.29, 1.82) is 0 Å². The minimum Gasteiger partial charge on any atom is -0.384 e. The molecule has 0 radical (unpaired) electrons. The van der Waals surface area contributed by atoms with Gasteiger partial charge < -0.3 is 4.74 Å². The van der Waals surface area contributed by atoms with Crippen molar-refractivity contribution < 1.29 is 4.74 Å². The molecule has 0 aliphatic rings. The summed E-state index contributed by atoms with van der Waals surface area (Å²) >= 11 is 5.94. The molecule has 84 valence electrons. The van der Waals surface area contributed by atoms with E-state index in [-0.39, 0.29) is 0 Å². The molecule has 0 aliphatic heterocycles. The van der Waals surface area contributed by atoms with Gasteiger partial charge in [0.15, 0.2) is 0 Å². The zero-order valence-corrected chi connectivity index (χ0v) is 9.68. The fourth-order valence-electron chi connectivity index (χ4n) is 1.55. The average Bonchev–Trinajstić information content (AvgIpc) is 2.73. The maximum Gasteiger partial charge on any atom is 0.229 e. The van der Waals surface area contributed by atoms with Crippen LogP contribution in [-0.4, -0.2) is 28.5 Å². The molecule has 1 aromatic heterocycles. The highest BCUT2D eigenvalue weighted by atomic mass is 35.5. The number of para-hydroxylation sites is 1. The van der Waals surface area contributed by atoms with Crippen LogP contribution in [-0.2, 0) is 11.2 Å². The summed E-state index contributed by atoms with van der Waals surface area (Å²) in [5, 5.41) is 7.90. The van der Waals surface area contributed by atoms with Gasteiger partial charge in [0.1, 0.15) is 6.33 Å². The van der Waals surface area contributed by atoms with Crippen LogP contribution in [0.1, 0.15) is 5.56 Å². The summed E-state index contributed by atoms with van der Waals surface area (Å²) in [6.45, 7) is 0.677. The van der Waals surface area contributed by atoms with Gasteiger partial charge in [0, 0.05) is 7.11 Å². The first-order valence-electron chi connectivity index (χ1n) is 4.95. The summed E-state index contributed by atoms with van der Waals surface area (Å²) in [6.07, 6.45) is 2.44. The highest BCUT2D eigenvalue weighted by Crippen LogP contribution is 2.18. The minimum absolute atomic E-state index is 0.366. The molecule has 5 heteroatoms. The summed E-state index contributed by atoms with van der Waals surface area (Å²) in [4.78, 5) is 0. The van der Waals surface area contributed by atoms with Crippen LogP contribution < -0.4 is 0 Å². The fourth-order valence-corrected chi connectivity index (χ4v) is 1.73. The molecule has 2 aromatic rings. The van der Waals surface area contributed by atoms with Crippen LogP contribution in [0.5, 0.6) is 0 Å². The molecule has 1 heterocycles. The standard InChI is InChI=1S/C11H12ClN3O/c1-16-7-6-9-4-2-3-5-10(9)15-8-13-14-11(15)12/h2-5,8H,6-7H2,1H3. The first-order valence-corrected chi connectivity index (χ1v) is 5.33. The Labute approximate surface area is 98.8 Å². The van der Waals surface area contributed by atoms with Crippen molar-refractivity contribution >= 4 is 11.6 Å². The number of ether oxygens (including phenoxy) is 1. The number of methoxy groups -OCH3 is 1. The molecule has 0 unspecified atom stereocenters. The Bertz CT molecular complexity index is 470. The van der Waals surface area contributed by atoms with Gasteiger partial charge in [-0.1, -0.05) is 18.2 Å². The Morgan fingerprint density at radius 2 is 2.19 bits per heavy atom. The quantitative estimate of drug-likeness (QED) is 0.818. The highest BCUT2D eigenvalue weighted by Gasteiger charge is 2.07. The van der Waals surface area contributed by atoms with E-state index in [1.165, 1.54) is 0 Å². The van der Waals surface area contributed by atoms with E-state index in [9.17, 15) is 0 Å². The molecule has 1 aromatic carbocycles. The van der Waals surface area contributed by atoms with Crippen molar-refractivity contribution in [1.82, 2.24) is 14.8 Å². The zero-order valence-electron chi connectivity index (χ0n) is 8.93. The lowest BCUT2D eigenvalue weighted by Gasteiger charge is -2.09. The maximum absolute atomic E-state index is 5.94. The van der Waals surface area contributed by atoms with Gasteiger partial charge in [0.05, 0.1) is 12.3 Å². The third kappa shape index (κ3) is 2.23.